The summed E-state index contributed by atoms with van der Waals surface area (Å²) in [5, 5.41) is 2.71. The Balaban J connectivity index is 2.72. The van der Waals surface area contributed by atoms with Gasteiger partial charge in [-0.15, -0.1) is 0 Å². The molecule has 1 aromatic heterocycles. The third-order valence-electron chi connectivity index (χ3n) is 1.37. The number of rotatable bonds is 2. The van der Waals surface area contributed by atoms with Gasteiger partial charge in [-0.1, -0.05) is 0 Å². The van der Waals surface area contributed by atoms with E-state index < -0.39 is 0 Å². The van der Waals surface area contributed by atoms with Crippen LogP contribution in [0.25, 0.3) is 0 Å². The quantitative estimate of drug-likeness (QED) is 0.720. The second-order valence-corrected chi connectivity index (χ2v) is 2.90. The van der Waals surface area contributed by atoms with E-state index in [1.54, 1.807) is 6.92 Å². The van der Waals surface area contributed by atoms with Gasteiger partial charge in [0.1, 0.15) is 0 Å². The van der Waals surface area contributed by atoms with Gasteiger partial charge < -0.3 is 9.73 Å². The molecule has 0 aliphatic heterocycles. The van der Waals surface area contributed by atoms with Gasteiger partial charge >= 0.3 is 0 Å². The normalized spacial score (nSPS) is 10.3. The van der Waals surface area contributed by atoms with Crippen LogP contribution in [0.15, 0.2) is 10.8 Å². The molecule has 66 valence electrons. The standard InChI is InChI=1S/C8H12N2O2/c1-5(2)10-8(11)7-6(3)9-4-12-7/h4-5H,1-3H3,(H,10,11). The first-order valence-corrected chi connectivity index (χ1v) is 3.82. The molecule has 0 bridgehead atoms. The summed E-state index contributed by atoms with van der Waals surface area (Å²) in [5.74, 6) is 0.0868. The number of hydrogen-bond donors (Lipinski definition) is 1. The highest BCUT2D eigenvalue weighted by molar-refractivity contribution is 5.92. The van der Waals surface area contributed by atoms with Crippen LogP contribution in [0.3, 0.4) is 0 Å². The molecular weight excluding hydrogens is 156 g/mol. The van der Waals surface area contributed by atoms with E-state index in [1.807, 2.05) is 13.8 Å². The number of oxazole rings is 1. The van der Waals surface area contributed by atoms with Gasteiger partial charge in [0.05, 0.1) is 5.69 Å². The summed E-state index contributed by atoms with van der Waals surface area (Å²) < 4.78 is 4.90. The summed E-state index contributed by atoms with van der Waals surface area (Å²) in [4.78, 5) is 15.1. The minimum absolute atomic E-state index is 0.113. The number of amides is 1. The van der Waals surface area contributed by atoms with Gasteiger partial charge in [-0.05, 0) is 20.8 Å². The maximum Gasteiger partial charge on any atom is 0.289 e. The number of carbonyl (C=O) groups is 1. The molecule has 1 N–H and O–H groups in total. The monoisotopic (exact) mass is 168 g/mol. The van der Waals surface area contributed by atoms with Crippen LogP contribution in [0.4, 0.5) is 0 Å². The van der Waals surface area contributed by atoms with E-state index >= 15 is 0 Å². The summed E-state index contributed by atoms with van der Waals surface area (Å²) in [6.45, 7) is 5.52. The lowest BCUT2D eigenvalue weighted by Gasteiger charge is -2.05. The largest absolute Gasteiger partial charge is 0.438 e. The summed E-state index contributed by atoms with van der Waals surface area (Å²) in [7, 11) is 0. The zero-order valence-corrected chi connectivity index (χ0v) is 7.42. The Hall–Kier alpha value is -1.32. The SMILES string of the molecule is Cc1ncoc1C(=O)NC(C)C. The first kappa shape index (κ1) is 8.77. The van der Waals surface area contributed by atoms with Gasteiger partial charge in [-0.2, -0.15) is 0 Å². The lowest BCUT2D eigenvalue weighted by Crippen LogP contribution is -2.30. The molecule has 1 rings (SSSR count). The smallest absolute Gasteiger partial charge is 0.289 e. The molecule has 4 heteroatoms. The van der Waals surface area contributed by atoms with Gasteiger partial charge in [-0.25, -0.2) is 4.98 Å². The molecule has 0 saturated heterocycles. The number of aryl methyl sites for hydroxylation is 1. The van der Waals surface area contributed by atoms with Gasteiger partial charge in [0.2, 0.25) is 5.76 Å². The Morgan fingerprint density at radius 2 is 2.33 bits per heavy atom. The van der Waals surface area contributed by atoms with Crippen LogP contribution in [-0.2, 0) is 0 Å². The van der Waals surface area contributed by atoms with Gasteiger partial charge in [0, 0.05) is 6.04 Å². The van der Waals surface area contributed by atoms with Gasteiger partial charge in [0.15, 0.2) is 6.39 Å². The molecule has 0 unspecified atom stereocenters. The number of nitrogens with zero attached hydrogens (tertiary/aromatic N) is 1. The number of hydrogen-bond acceptors (Lipinski definition) is 3. The van der Waals surface area contributed by atoms with Crippen molar-refractivity contribution in [1.82, 2.24) is 10.3 Å². The van der Waals surface area contributed by atoms with Crippen molar-refractivity contribution in [2.24, 2.45) is 0 Å². The van der Waals surface area contributed by atoms with Crippen molar-refractivity contribution in [3.8, 4) is 0 Å². The van der Waals surface area contributed by atoms with Crippen molar-refractivity contribution in [1.29, 1.82) is 0 Å². The summed E-state index contributed by atoms with van der Waals surface area (Å²) in [6.07, 6.45) is 1.27. The Labute approximate surface area is 71.0 Å². The van der Waals surface area contributed by atoms with Crippen LogP contribution >= 0.6 is 0 Å². The second-order valence-electron chi connectivity index (χ2n) is 2.90. The van der Waals surface area contributed by atoms with Crippen LogP contribution in [-0.4, -0.2) is 16.9 Å². The molecule has 1 amide bonds. The maximum absolute atomic E-state index is 11.3. The summed E-state index contributed by atoms with van der Waals surface area (Å²) in [6, 6.07) is 0.113. The third kappa shape index (κ3) is 1.84. The van der Waals surface area contributed by atoms with E-state index in [-0.39, 0.29) is 11.9 Å². The molecule has 0 aliphatic rings. The Morgan fingerprint density at radius 1 is 1.67 bits per heavy atom. The zero-order valence-electron chi connectivity index (χ0n) is 7.42. The predicted molar refractivity (Wildman–Crippen MR) is 43.8 cm³/mol. The van der Waals surface area contributed by atoms with E-state index in [4.69, 9.17) is 4.42 Å². The van der Waals surface area contributed by atoms with Crippen LogP contribution in [0.5, 0.6) is 0 Å². The van der Waals surface area contributed by atoms with Crippen molar-refractivity contribution in [3.05, 3.63) is 17.8 Å². The number of aromatic nitrogens is 1. The van der Waals surface area contributed by atoms with Crippen LogP contribution < -0.4 is 5.32 Å². The summed E-state index contributed by atoms with van der Waals surface area (Å²) >= 11 is 0. The van der Waals surface area contributed by atoms with E-state index in [2.05, 4.69) is 10.3 Å². The highest BCUT2D eigenvalue weighted by atomic mass is 16.3. The van der Waals surface area contributed by atoms with Crippen molar-refractivity contribution in [3.63, 3.8) is 0 Å². The van der Waals surface area contributed by atoms with E-state index in [0.29, 0.717) is 11.5 Å². The second kappa shape index (κ2) is 3.38. The van der Waals surface area contributed by atoms with Gasteiger partial charge in [0.25, 0.3) is 5.91 Å². The molecular formula is C8H12N2O2. The van der Waals surface area contributed by atoms with E-state index in [1.165, 1.54) is 6.39 Å². The average molecular weight is 168 g/mol. The van der Waals surface area contributed by atoms with Crippen molar-refractivity contribution < 1.29 is 9.21 Å². The Kier molecular flexibility index (Phi) is 2.47. The molecule has 0 fully saturated rings. The number of carbonyl (C=O) groups excluding carboxylic acids is 1. The van der Waals surface area contributed by atoms with Gasteiger partial charge in [-0.3, -0.25) is 4.79 Å². The molecule has 0 saturated carbocycles. The van der Waals surface area contributed by atoms with Crippen molar-refractivity contribution in [2.45, 2.75) is 26.8 Å². The molecule has 4 nitrogen and oxygen atoms in total. The zero-order chi connectivity index (χ0) is 9.14. The third-order valence-corrected chi connectivity index (χ3v) is 1.37. The number of nitrogens with one attached hydrogen (secondary N) is 1. The highest BCUT2D eigenvalue weighted by Crippen LogP contribution is 2.04. The molecule has 12 heavy (non-hydrogen) atoms. The highest BCUT2D eigenvalue weighted by Gasteiger charge is 2.13. The van der Waals surface area contributed by atoms with Crippen molar-refractivity contribution >= 4 is 5.91 Å². The molecule has 1 aromatic rings. The fraction of sp³-hybridized carbons (Fsp3) is 0.500. The van der Waals surface area contributed by atoms with Crippen LogP contribution in [0.1, 0.15) is 30.1 Å². The predicted octanol–water partition coefficient (Wildman–Crippen LogP) is 1.12. The fourth-order valence-corrected chi connectivity index (χ4v) is 0.848. The lowest BCUT2D eigenvalue weighted by atomic mass is 10.3. The Bertz CT molecular complexity index is 278. The lowest BCUT2D eigenvalue weighted by molar-refractivity contribution is 0.0914. The topological polar surface area (TPSA) is 55.1 Å². The molecule has 0 spiro atoms. The molecule has 0 aromatic carbocycles. The minimum Gasteiger partial charge on any atom is -0.438 e. The van der Waals surface area contributed by atoms with Crippen LogP contribution in [0.2, 0.25) is 0 Å². The first-order valence-electron chi connectivity index (χ1n) is 3.82. The molecule has 0 aliphatic carbocycles. The molecule has 1 heterocycles. The fourth-order valence-electron chi connectivity index (χ4n) is 0.848. The molecule has 0 atom stereocenters. The van der Waals surface area contributed by atoms with Crippen molar-refractivity contribution in [2.75, 3.05) is 0 Å². The average Bonchev–Trinajstić information content (AvgIpc) is 2.33. The summed E-state index contributed by atoms with van der Waals surface area (Å²) in [5.41, 5.74) is 0.619. The van der Waals surface area contributed by atoms with E-state index in [0.717, 1.165) is 0 Å². The van der Waals surface area contributed by atoms with Crippen LogP contribution in [0, 0.1) is 6.92 Å². The molecule has 0 radical (unpaired) electrons. The Morgan fingerprint density at radius 3 is 2.75 bits per heavy atom. The first-order chi connectivity index (χ1) is 5.61. The maximum atomic E-state index is 11.3. The minimum atomic E-state index is -0.208. The van der Waals surface area contributed by atoms with E-state index in [9.17, 15) is 4.79 Å².